The molecule has 0 radical (unpaired) electrons. The molecular formula is C14H20N2O2. The third-order valence-electron chi connectivity index (χ3n) is 3.52. The van der Waals surface area contributed by atoms with Gasteiger partial charge in [0.15, 0.2) is 6.10 Å². The van der Waals surface area contributed by atoms with E-state index in [1.165, 1.54) is 0 Å². The van der Waals surface area contributed by atoms with E-state index >= 15 is 0 Å². The van der Waals surface area contributed by atoms with Crippen LogP contribution in [-0.4, -0.2) is 23.6 Å². The molecule has 4 nitrogen and oxygen atoms in total. The Labute approximate surface area is 108 Å². The predicted molar refractivity (Wildman–Crippen MR) is 70.4 cm³/mol. The summed E-state index contributed by atoms with van der Waals surface area (Å²) in [5.74, 6) is 0.699. The molecular weight excluding hydrogens is 228 g/mol. The zero-order chi connectivity index (χ0) is 13.3. The van der Waals surface area contributed by atoms with Crippen LogP contribution in [-0.2, 0) is 11.2 Å². The first kappa shape index (κ1) is 12.9. The van der Waals surface area contributed by atoms with E-state index in [-0.39, 0.29) is 11.9 Å². The van der Waals surface area contributed by atoms with Crippen molar-refractivity contribution >= 4 is 5.91 Å². The van der Waals surface area contributed by atoms with Gasteiger partial charge in [-0.15, -0.1) is 0 Å². The summed E-state index contributed by atoms with van der Waals surface area (Å²) in [5.41, 5.74) is 6.49. The Morgan fingerprint density at radius 3 is 2.78 bits per heavy atom. The molecule has 1 heterocycles. The van der Waals surface area contributed by atoms with Gasteiger partial charge in [-0.1, -0.05) is 18.2 Å². The quantitative estimate of drug-likeness (QED) is 0.845. The van der Waals surface area contributed by atoms with Crippen molar-refractivity contribution in [3.8, 4) is 5.75 Å². The van der Waals surface area contributed by atoms with Crippen LogP contribution in [0, 0.1) is 0 Å². The van der Waals surface area contributed by atoms with E-state index in [2.05, 4.69) is 5.32 Å². The monoisotopic (exact) mass is 248 g/mol. The molecule has 0 spiro atoms. The third-order valence-corrected chi connectivity index (χ3v) is 3.52. The van der Waals surface area contributed by atoms with Crippen LogP contribution in [0.2, 0.25) is 0 Å². The average Bonchev–Trinajstić information content (AvgIpc) is 2.71. The van der Waals surface area contributed by atoms with Crippen LogP contribution < -0.4 is 15.8 Å². The number of nitrogens with two attached hydrogens (primary N) is 1. The summed E-state index contributed by atoms with van der Waals surface area (Å²) in [6.45, 7) is 5.71. The Hall–Kier alpha value is -1.55. The number of para-hydroxylation sites is 1. The van der Waals surface area contributed by atoms with E-state index in [4.69, 9.17) is 10.5 Å². The minimum Gasteiger partial charge on any atom is -0.480 e. The molecule has 0 fully saturated rings. The van der Waals surface area contributed by atoms with Crippen LogP contribution in [0.25, 0.3) is 0 Å². The lowest BCUT2D eigenvalue weighted by atomic mass is 9.96. The molecule has 3 N–H and O–H groups in total. The Kier molecular flexibility index (Phi) is 3.30. The van der Waals surface area contributed by atoms with Crippen molar-refractivity contribution in [3.63, 3.8) is 0 Å². The molecule has 2 unspecified atom stereocenters. The summed E-state index contributed by atoms with van der Waals surface area (Å²) in [7, 11) is 0. The molecule has 0 saturated heterocycles. The van der Waals surface area contributed by atoms with Crippen molar-refractivity contribution in [1.29, 1.82) is 0 Å². The molecule has 2 rings (SSSR count). The van der Waals surface area contributed by atoms with Gasteiger partial charge in [-0.3, -0.25) is 4.79 Å². The highest BCUT2D eigenvalue weighted by Gasteiger charge is 2.33. The van der Waals surface area contributed by atoms with Crippen LogP contribution in [0.1, 0.15) is 26.3 Å². The summed E-state index contributed by atoms with van der Waals surface area (Å²) >= 11 is 0. The fraction of sp³-hybridized carbons (Fsp3) is 0.500. The third kappa shape index (κ3) is 2.48. The highest BCUT2D eigenvalue weighted by molar-refractivity contribution is 5.83. The Morgan fingerprint density at radius 1 is 1.50 bits per heavy atom. The molecule has 0 aliphatic carbocycles. The molecule has 0 aromatic heterocycles. The van der Waals surface area contributed by atoms with Crippen molar-refractivity contribution in [2.45, 2.75) is 44.9 Å². The van der Waals surface area contributed by atoms with Crippen LogP contribution in [0.4, 0.5) is 0 Å². The molecule has 1 aliphatic rings. The molecule has 98 valence electrons. The lowest BCUT2D eigenvalue weighted by Gasteiger charge is -2.31. The van der Waals surface area contributed by atoms with E-state index < -0.39 is 11.6 Å². The maximum atomic E-state index is 12.1. The number of rotatable bonds is 3. The second-order valence-corrected chi connectivity index (χ2v) is 5.42. The van der Waals surface area contributed by atoms with Gasteiger partial charge in [-0.05, 0) is 32.4 Å². The molecule has 18 heavy (non-hydrogen) atoms. The highest BCUT2D eigenvalue weighted by Crippen LogP contribution is 2.28. The number of fused-ring (bicyclic) bond motifs is 1. The smallest absolute Gasteiger partial charge is 0.261 e. The second kappa shape index (κ2) is 4.61. The van der Waals surface area contributed by atoms with Gasteiger partial charge in [0, 0.05) is 18.0 Å². The van der Waals surface area contributed by atoms with Crippen molar-refractivity contribution in [2.75, 3.05) is 0 Å². The minimum absolute atomic E-state index is 0.103. The zero-order valence-electron chi connectivity index (χ0n) is 11.1. The van der Waals surface area contributed by atoms with E-state index in [1.807, 2.05) is 45.0 Å². The van der Waals surface area contributed by atoms with Gasteiger partial charge in [0.05, 0.1) is 0 Å². The second-order valence-electron chi connectivity index (χ2n) is 5.42. The molecule has 4 heteroatoms. The Bertz CT molecular complexity index is 430. The number of nitrogens with one attached hydrogen (secondary N) is 1. The largest absolute Gasteiger partial charge is 0.480 e. The number of hydrogen-bond donors (Lipinski definition) is 2. The summed E-state index contributed by atoms with van der Waals surface area (Å²) < 4.78 is 5.64. The van der Waals surface area contributed by atoms with E-state index in [0.29, 0.717) is 6.42 Å². The van der Waals surface area contributed by atoms with Gasteiger partial charge in [-0.2, -0.15) is 0 Å². The van der Waals surface area contributed by atoms with Crippen LogP contribution in [0.15, 0.2) is 24.3 Å². The van der Waals surface area contributed by atoms with Gasteiger partial charge in [0.25, 0.3) is 5.91 Å². The summed E-state index contributed by atoms with van der Waals surface area (Å²) in [6.07, 6.45) is 0.178. The fourth-order valence-corrected chi connectivity index (χ4v) is 1.84. The maximum Gasteiger partial charge on any atom is 0.261 e. The van der Waals surface area contributed by atoms with Crippen LogP contribution >= 0.6 is 0 Å². The van der Waals surface area contributed by atoms with Crippen LogP contribution in [0.5, 0.6) is 5.75 Å². The number of carbonyl (C=O) groups is 1. The molecule has 1 aromatic rings. The molecule has 1 amide bonds. The lowest BCUT2D eigenvalue weighted by molar-refractivity contribution is -0.129. The van der Waals surface area contributed by atoms with Gasteiger partial charge >= 0.3 is 0 Å². The summed E-state index contributed by atoms with van der Waals surface area (Å²) in [6, 6.07) is 7.61. The SMILES string of the molecule is CC(N)C(C)(C)NC(=O)C1Cc2ccccc2O1. The molecule has 0 bridgehead atoms. The number of benzene rings is 1. The van der Waals surface area contributed by atoms with Crippen LogP contribution in [0.3, 0.4) is 0 Å². The fourth-order valence-electron chi connectivity index (χ4n) is 1.84. The number of carbonyl (C=O) groups excluding carboxylic acids is 1. The highest BCUT2D eigenvalue weighted by atomic mass is 16.5. The lowest BCUT2D eigenvalue weighted by Crippen LogP contribution is -2.57. The topological polar surface area (TPSA) is 64.3 Å². The maximum absolute atomic E-state index is 12.1. The standard InChI is InChI=1S/C14H20N2O2/c1-9(15)14(2,3)16-13(17)12-8-10-6-4-5-7-11(10)18-12/h4-7,9,12H,8,15H2,1-3H3,(H,16,17). The van der Waals surface area contributed by atoms with Crippen molar-refractivity contribution < 1.29 is 9.53 Å². The molecule has 0 saturated carbocycles. The van der Waals surface area contributed by atoms with Gasteiger partial charge < -0.3 is 15.8 Å². The minimum atomic E-state index is -0.444. The first-order valence-corrected chi connectivity index (χ1v) is 6.22. The normalized spacial score (nSPS) is 19.9. The predicted octanol–water partition coefficient (Wildman–Crippen LogP) is 1.23. The summed E-state index contributed by atoms with van der Waals surface area (Å²) in [4.78, 5) is 12.1. The van der Waals surface area contributed by atoms with Gasteiger partial charge in [0.1, 0.15) is 5.75 Å². The first-order chi connectivity index (χ1) is 8.40. The first-order valence-electron chi connectivity index (χ1n) is 6.22. The molecule has 2 atom stereocenters. The molecule has 1 aromatic carbocycles. The summed E-state index contributed by atoms with van der Waals surface area (Å²) in [5, 5.41) is 2.94. The Balaban J connectivity index is 2.02. The van der Waals surface area contributed by atoms with E-state index in [9.17, 15) is 4.79 Å². The van der Waals surface area contributed by atoms with E-state index in [1.54, 1.807) is 0 Å². The van der Waals surface area contributed by atoms with E-state index in [0.717, 1.165) is 11.3 Å². The number of amides is 1. The van der Waals surface area contributed by atoms with Crippen molar-refractivity contribution in [3.05, 3.63) is 29.8 Å². The zero-order valence-corrected chi connectivity index (χ0v) is 11.1. The van der Waals surface area contributed by atoms with Gasteiger partial charge in [0.2, 0.25) is 0 Å². The number of hydrogen-bond acceptors (Lipinski definition) is 3. The van der Waals surface area contributed by atoms with Gasteiger partial charge in [-0.25, -0.2) is 0 Å². The average molecular weight is 248 g/mol. The van der Waals surface area contributed by atoms with Crippen molar-refractivity contribution in [1.82, 2.24) is 5.32 Å². The van der Waals surface area contributed by atoms with Crippen molar-refractivity contribution in [2.24, 2.45) is 5.73 Å². The number of ether oxygens (including phenoxy) is 1. The molecule has 1 aliphatic heterocycles. The Morgan fingerprint density at radius 2 is 2.17 bits per heavy atom.